The van der Waals surface area contributed by atoms with Crippen LogP contribution >= 0.6 is 12.4 Å². The lowest BCUT2D eigenvalue weighted by Crippen LogP contribution is -2.49. The van der Waals surface area contributed by atoms with E-state index < -0.39 is 0 Å². The second-order valence-electron chi connectivity index (χ2n) is 7.75. The lowest BCUT2D eigenvalue weighted by atomic mass is 10.0. The summed E-state index contributed by atoms with van der Waals surface area (Å²) in [6.07, 6.45) is 4.60. The summed E-state index contributed by atoms with van der Waals surface area (Å²) >= 11 is 0. The molecule has 29 heavy (non-hydrogen) atoms. The van der Waals surface area contributed by atoms with Crippen LogP contribution < -0.4 is 10.1 Å². The molecule has 0 aromatic heterocycles. The molecule has 164 valence electrons. The van der Waals surface area contributed by atoms with Gasteiger partial charge in [0.25, 0.3) is 0 Å². The Balaban J connectivity index is 0.00000300. The van der Waals surface area contributed by atoms with Gasteiger partial charge in [-0.05, 0) is 49.9 Å². The van der Waals surface area contributed by atoms with E-state index in [2.05, 4.69) is 21.2 Å². The molecule has 1 aromatic rings. The van der Waals surface area contributed by atoms with Gasteiger partial charge in [0.15, 0.2) is 0 Å². The summed E-state index contributed by atoms with van der Waals surface area (Å²) in [7, 11) is 1.68. The molecule has 3 rings (SSSR count). The van der Waals surface area contributed by atoms with Crippen LogP contribution in [0, 0.1) is 0 Å². The van der Waals surface area contributed by atoms with Gasteiger partial charge in [-0.15, -0.1) is 12.4 Å². The predicted molar refractivity (Wildman–Crippen MR) is 118 cm³/mol. The van der Waals surface area contributed by atoms with Crippen LogP contribution in [0.15, 0.2) is 24.3 Å². The van der Waals surface area contributed by atoms with E-state index >= 15 is 0 Å². The van der Waals surface area contributed by atoms with Gasteiger partial charge < -0.3 is 19.7 Å². The molecular weight excluding hydrogens is 390 g/mol. The third-order valence-corrected chi connectivity index (χ3v) is 5.77. The third kappa shape index (κ3) is 7.78. The van der Waals surface area contributed by atoms with Gasteiger partial charge in [0.05, 0.1) is 20.3 Å². The Morgan fingerprint density at radius 1 is 1.34 bits per heavy atom. The van der Waals surface area contributed by atoms with E-state index in [0.717, 1.165) is 89.5 Å². The summed E-state index contributed by atoms with van der Waals surface area (Å²) in [4.78, 5) is 17.7. The topological polar surface area (TPSA) is 54.0 Å². The number of nitrogens with zero attached hydrogens (tertiary/aromatic N) is 2. The molecule has 1 aromatic carbocycles. The first-order valence-electron chi connectivity index (χ1n) is 10.7. The minimum absolute atomic E-state index is 0. The first-order chi connectivity index (χ1) is 13.8. The highest BCUT2D eigenvalue weighted by Crippen LogP contribution is 2.17. The Bertz CT molecular complexity index is 605. The van der Waals surface area contributed by atoms with Crippen LogP contribution in [0.3, 0.4) is 0 Å². The van der Waals surface area contributed by atoms with Crippen molar-refractivity contribution in [2.75, 3.05) is 59.6 Å². The Morgan fingerprint density at radius 2 is 2.17 bits per heavy atom. The number of carbonyl (C=O) groups excluding carboxylic acids is 1. The average Bonchev–Trinajstić information content (AvgIpc) is 2.76. The zero-order valence-corrected chi connectivity index (χ0v) is 18.4. The standard InChI is InChI=1S/C22H35N3O3.ClH/c1-27-21-7-2-5-19(17-21)8-9-22(26)25(20-6-3-10-23-18-20)12-4-11-24-13-15-28-16-14-24;/h2,5,7,17,20,23H,3-4,6,8-16,18H2,1H3;1H. The minimum Gasteiger partial charge on any atom is -0.497 e. The average molecular weight is 426 g/mol. The maximum absolute atomic E-state index is 13.1. The fraction of sp³-hybridized carbons (Fsp3) is 0.682. The summed E-state index contributed by atoms with van der Waals surface area (Å²) in [5.41, 5.74) is 1.16. The van der Waals surface area contributed by atoms with Gasteiger partial charge in [0, 0.05) is 45.2 Å². The fourth-order valence-electron chi connectivity index (χ4n) is 4.12. The number of amides is 1. The van der Waals surface area contributed by atoms with Crippen molar-refractivity contribution in [3.05, 3.63) is 29.8 Å². The van der Waals surface area contributed by atoms with E-state index in [9.17, 15) is 4.79 Å². The molecular formula is C22H36ClN3O3. The number of benzene rings is 1. The molecule has 2 saturated heterocycles. The second-order valence-corrected chi connectivity index (χ2v) is 7.75. The quantitative estimate of drug-likeness (QED) is 0.658. The Kier molecular flexibility index (Phi) is 10.8. The van der Waals surface area contributed by atoms with Crippen LogP contribution in [-0.2, 0) is 16.0 Å². The monoisotopic (exact) mass is 425 g/mol. The Morgan fingerprint density at radius 3 is 2.90 bits per heavy atom. The SMILES string of the molecule is COc1cccc(CCC(=O)N(CCCN2CCOCC2)C2CCCNC2)c1.Cl. The van der Waals surface area contributed by atoms with E-state index in [4.69, 9.17) is 9.47 Å². The van der Waals surface area contributed by atoms with Crippen LogP contribution in [0.2, 0.25) is 0 Å². The summed E-state index contributed by atoms with van der Waals surface area (Å²) in [6.45, 7) is 7.55. The lowest BCUT2D eigenvalue weighted by Gasteiger charge is -2.36. The van der Waals surface area contributed by atoms with Gasteiger partial charge >= 0.3 is 0 Å². The smallest absolute Gasteiger partial charge is 0.223 e. The summed E-state index contributed by atoms with van der Waals surface area (Å²) in [6, 6.07) is 8.36. The number of aryl methyl sites for hydroxylation is 1. The highest BCUT2D eigenvalue weighted by molar-refractivity contribution is 5.85. The summed E-state index contributed by atoms with van der Waals surface area (Å²) < 4.78 is 10.7. The first kappa shape index (κ1) is 23.9. The van der Waals surface area contributed by atoms with Crippen molar-refractivity contribution in [1.82, 2.24) is 15.1 Å². The number of hydrogen-bond donors (Lipinski definition) is 1. The molecule has 2 heterocycles. The number of morpholine rings is 1. The minimum atomic E-state index is 0. The van der Waals surface area contributed by atoms with Gasteiger partial charge in [-0.25, -0.2) is 0 Å². The summed E-state index contributed by atoms with van der Waals surface area (Å²) in [5, 5.41) is 3.46. The number of piperidine rings is 1. The number of nitrogens with one attached hydrogen (secondary N) is 1. The largest absolute Gasteiger partial charge is 0.497 e. The molecule has 0 aliphatic carbocycles. The molecule has 2 aliphatic rings. The van der Waals surface area contributed by atoms with Gasteiger partial charge in [-0.1, -0.05) is 12.1 Å². The van der Waals surface area contributed by atoms with Crippen molar-refractivity contribution >= 4 is 18.3 Å². The van der Waals surface area contributed by atoms with Crippen LogP contribution in [0.5, 0.6) is 5.75 Å². The second kappa shape index (κ2) is 13.1. The van der Waals surface area contributed by atoms with Gasteiger partial charge in [0.2, 0.25) is 5.91 Å². The molecule has 0 radical (unpaired) electrons. The van der Waals surface area contributed by atoms with E-state index in [0.29, 0.717) is 12.5 Å². The summed E-state index contributed by atoms with van der Waals surface area (Å²) in [5.74, 6) is 1.13. The van der Waals surface area contributed by atoms with Gasteiger partial charge in [0.1, 0.15) is 5.75 Å². The Hall–Kier alpha value is -1.34. The van der Waals surface area contributed by atoms with E-state index in [1.165, 1.54) is 0 Å². The number of ether oxygens (including phenoxy) is 2. The zero-order valence-electron chi connectivity index (χ0n) is 17.6. The van der Waals surface area contributed by atoms with Crippen molar-refractivity contribution in [2.45, 2.75) is 38.1 Å². The maximum atomic E-state index is 13.1. The van der Waals surface area contributed by atoms with Crippen LogP contribution in [0.1, 0.15) is 31.2 Å². The van der Waals surface area contributed by atoms with Crippen LogP contribution in [-0.4, -0.2) is 81.3 Å². The lowest BCUT2D eigenvalue weighted by molar-refractivity contribution is -0.134. The molecule has 2 aliphatic heterocycles. The van der Waals surface area contributed by atoms with E-state index in [1.54, 1.807) is 7.11 Å². The molecule has 0 saturated carbocycles. The number of halogens is 1. The fourth-order valence-corrected chi connectivity index (χ4v) is 4.12. The molecule has 6 nitrogen and oxygen atoms in total. The number of hydrogen-bond acceptors (Lipinski definition) is 5. The van der Waals surface area contributed by atoms with Crippen molar-refractivity contribution < 1.29 is 14.3 Å². The molecule has 7 heteroatoms. The van der Waals surface area contributed by atoms with Crippen molar-refractivity contribution in [2.24, 2.45) is 0 Å². The highest BCUT2D eigenvalue weighted by Gasteiger charge is 2.25. The van der Waals surface area contributed by atoms with Crippen LogP contribution in [0.25, 0.3) is 0 Å². The van der Waals surface area contributed by atoms with Gasteiger partial charge in [-0.2, -0.15) is 0 Å². The molecule has 2 fully saturated rings. The number of carbonyl (C=O) groups is 1. The first-order valence-corrected chi connectivity index (χ1v) is 10.7. The van der Waals surface area contributed by atoms with Crippen molar-refractivity contribution in [3.63, 3.8) is 0 Å². The molecule has 1 unspecified atom stereocenters. The molecule has 1 atom stereocenters. The predicted octanol–water partition coefficient (Wildman–Crippen LogP) is 2.35. The Labute approximate surface area is 181 Å². The number of methoxy groups -OCH3 is 1. The molecule has 1 N–H and O–H groups in total. The third-order valence-electron chi connectivity index (χ3n) is 5.77. The molecule has 0 bridgehead atoms. The number of rotatable bonds is 9. The normalized spacial score (nSPS) is 20.0. The molecule has 1 amide bonds. The van der Waals surface area contributed by atoms with Crippen LogP contribution in [0.4, 0.5) is 0 Å². The zero-order chi connectivity index (χ0) is 19.6. The van der Waals surface area contributed by atoms with E-state index in [-0.39, 0.29) is 18.3 Å². The molecule has 0 spiro atoms. The maximum Gasteiger partial charge on any atom is 0.223 e. The van der Waals surface area contributed by atoms with E-state index in [1.807, 2.05) is 18.2 Å². The highest BCUT2D eigenvalue weighted by atomic mass is 35.5. The van der Waals surface area contributed by atoms with Crippen molar-refractivity contribution in [1.29, 1.82) is 0 Å². The van der Waals surface area contributed by atoms with Crippen molar-refractivity contribution in [3.8, 4) is 5.75 Å². The van der Waals surface area contributed by atoms with Gasteiger partial charge in [-0.3, -0.25) is 9.69 Å².